The third-order valence-electron chi connectivity index (χ3n) is 2.37. The van der Waals surface area contributed by atoms with Gasteiger partial charge in [0.2, 0.25) is 0 Å². The predicted molar refractivity (Wildman–Crippen MR) is 65.3 cm³/mol. The van der Waals surface area contributed by atoms with Gasteiger partial charge in [0, 0.05) is 19.8 Å². The van der Waals surface area contributed by atoms with Crippen LogP contribution in [0.3, 0.4) is 0 Å². The highest BCUT2D eigenvalue weighted by Gasteiger charge is 2.02. The number of rotatable bonds is 6. The van der Waals surface area contributed by atoms with Crippen molar-refractivity contribution in [3.63, 3.8) is 0 Å². The number of hydrogen-bond acceptors (Lipinski definition) is 1. The van der Waals surface area contributed by atoms with Gasteiger partial charge in [-0.25, -0.2) is 0 Å². The Kier molecular flexibility index (Phi) is 7.27. The van der Waals surface area contributed by atoms with Crippen LogP contribution in [0.4, 0.5) is 0 Å². The SMILES string of the molecule is CC/C=C\C(C)=C(\CCCC)N(C)C. The van der Waals surface area contributed by atoms with Crippen molar-refractivity contribution in [3.05, 3.63) is 23.4 Å². The summed E-state index contributed by atoms with van der Waals surface area (Å²) in [6, 6.07) is 0. The van der Waals surface area contributed by atoms with E-state index in [0.29, 0.717) is 0 Å². The lowest BCUT2D eigenvalue weighted by molar-refractivity contribution is 0.474. The van der Waals surface area contributed by atoms with Gasteiger partial charge in [-0.1, -0.05) is 32.4 Å². The standard InChI is InChI=1S/C13H25N/c1-6-8-10-12(3)13(14(4)5)11-9-7-2/h8,10H,6-7,9,11H2,1-5H3/b10-8-,13-12-. The van der Waals surface area contributed by atoms with E-state index in [1.54, 1.807) is 0 Å². The summed E-state index contributed by atoms with van der Waals surface area (Å²) in [4.78, 5) is 2.24. The molecule has 0 amide bonds. The van der Waals surface area contributed by atoms with Gasteiger partial charge >= 0.3 is 0 Å². The highest BCUT2D eigenvalue weighted by Crippen LogP contribution is 2.15. The minimum atomic E-state index is 1.12. The van der Waals surface area contributed by atoms with Crippen molar-refractivity contribution in [2.75, 3.05) is 14.1 Å². The third kappa shape index (κ3) is 5.11. The molecule has 0 spiro atoms. The van der Waals surface area contributed by atoms with Crippen LogP contribution in [0.25, 0.3) is 0 Å². The fourth-order valence-corrected chi connectivity index (χ4v) is 1.51. The third-order valence-corrected chi connectivity index (χ3v) is 2.37. The van der Waals surface area contributed by atoms with Crippen molar-refractivity contribution in [3.8, 4) is 0 Å². The minimum Gasteiger partial charge on any atom is -0.381 e. The van der Waals surface area contributed by atoms with E-state index < -0.39 is 0 Å². The van der Waals surface area contributed by atoms with Crippen LogP contribution in [0.1, 0.15) is 46.5 Å². The Labute approximate surface area is 89.5 Å². The number of nitrogens with zero attached hydrogens (tertiary/aromatic N) is 1. The monoisotopic (exact) mass is 195 g/mol. The van der Waals surface area contributed by atoms with Crippen LogP contribution in [0, 0.1) is 0 Å². The summed E-state index contributed by atoms with van der Waals surface area (Å²) in [6.07, 6.45) is 9.33. The molecule has 0 aliphatic carbocycles. The van der Waals surface area contributed by atoms with Gasteiger partial charge in [-0.3, -0.25) is 0 Å². The van der Waals surface area contributed by atoms with Crippen LogP contribution in [0.2, 0.25) is 0 Å². The lowest BCUT2D eigenvalue weighted by Crippen LogP contribution is -2.12. The zero-order valence-corrected chi connectivity index (χ0v) is 10.4. The Balaban J connectivity index is 4.49. The molecule has 0 aromatic carbocycles. The van der Waals surface area contributed by atoms with Crippen molar-refractivity contribution in [2.45, 2.75) is 46.5 Å². The Bertz CT molecular complexity index is 199. The molecule has 0 aliphatic rings. The van der Waals surface area contributed by atoms with E-state index >= 15 is 0 Å². The molecule has 0 heterocycles. The van der Waals surface area contributed by atoms with Crippen molar-refractivity contribution >= 4 is 0 Å². The van der Waals surface area contributed by atoms with Crippen LogP contribution in [0.15, 0.2) is 23.4 Å². The second-order valence-corrected chi connectivity index (χ2v) is 3.94. The van der Waals surface area contributed by atoms with Crippen molar-refractivity contribution in [2.24, 2.45) is 0 Å². The van der Waals surface area contributed by atoms with Gasteiger partial charge in [0.15, 0.2) is 0 Å². The summed E-state index contributed by atoms with van der Waals surface area (Å²) in [5.74, 6) is 0. The van der Waals surface area contributed by atoms with E-state index in [4.69, 9.17) is 0 Å². The molecule has 0 aromatic heterocycles. The van der Waals surface area contributed by atoms with Gasteiger partial charge in [0.25, 0.3) is 0 Å². The zero-order chi connectivity index (χ0) is 11.0. The fourth-order valence-electron chi connectivity index (χ4n) is 1.51. The quantitative estimate of drug-likeness (QED) is 0.579. The van der Waals surface area contributed by atoms with Crippen molar-refractivity contribution in [1.82, 2.24) is 4.90 Å². The zero-order valence-electron chi connectivity index (χ0n) is 10.4. The van der Waals surface area contributed by atoms with E-state index in [0.717, 1.165) is 6.42 Å². The molecule has 0 bridgehead atoms. The van der Waals surface area contributed by atoms with Crippen molar-refractivity contribution in [1.29, 1.82) is 0 Å². The molecule has 82 valence electrons. The first kappa shape index (κ1) is 13.3. The second kappa shape index (κ2) is 7.66. The van der Waals surface area contributed by atoms with E-state index in [2.05, 4.69) is 51.9 Å². The van der Waals surface area contributed by atoms with Crippen LogP contribution >= 0.6 is 0 Å². The molecule has 1 heteroatoms. The van der Waals surface area contributed by atoms with E-state index in [1.807, 2.05) is 0 Å². The van der Waals surface area contributed by atoms with Gasteiger partial charge in [-0.2, -0.15) is 0 Å². The Morgan fingerprint density at radius 1 is 1.21 bits per heavy atom. The maximum absolute atomic E-state index is 2.24. The summed E-state index contributed by atoms with van der Waals surface area (Å²) < 4.78 is 0. The molecule has 0 radical (unpaired) electrons. The molecule has 0 saturated carbocycles. The van der Waals surface area contributed by atoms with Gasteiger partial charge in [0.05, 0.1) is 0 Å². The van der Waals surface area contributed by atoms with Crippen LogP contribution in [0.5, 0.6) is 0 Å². The van der Waals surface area contributed by atoms with Crippen LogP contribution < -0.4 is 0 Å². The fraction of sp³-hybridized carbons (Fsp3) is 0.692. The normalized spacial score (nSPS) is 13.2. The predicted octanol–water partition coefficient (Wildman–Crippen LogP) is 3.98. The largest absolute Gasteiger partial charge is 0.381 e. The number of unbranched alkanes of at least 4 members (excludes halogenated alkanes) is 1. The summed E-state index contributed by atoms with van der Waals surface area (Å²) in [5, 5.41) is 0. The highest BCUT2D eigenvalue weighted by atomic mass is 15.1. The van der Waals surface area contributed by atoms with Crippen molar-refractivity contribution < 1.29 is 0 Å². The van der Waals surface area contributed by atoms with Gasteiger partial charge in [-0.15, -0.1) is 0 Å². The Morgan fingerprint density at radius 2 is 1.86 bits per heavy atom. The number of hydrogen-bond donors (Lipinski definition) is 0. The molecule has 0 fully saturated rings. The molecule has 0 aliphatic heterocycles. The van der Waals surface area contributed by atoms with Gasteiger partial charge in [0.1, 0.15) is 0 Å². The molecular weight excluding hydrogens is 170 g/mol. The van der Waals surface area contributed by atoms with E-state index in [9.17, 15) is 0 Å². The summed E-state index contributed by atoms with van der Waals surface area (Å²) >= 11 is 0. The van der Waals surface area contributed by atoms with Crippen LogP contribution in [-0.4, -0.2) is 19.0 Å². The topological polar surface area (TPSA) is 3.24 Å². The van der Waals surface area contributed by atoms with E-state index in [-0.39, 0.29) is 0 Å². The first-order valence-electron chi connectivity index (χ1n) is 5.67. The number of allylic oxidation sites excluding steroid dienone is 4. The molecule has 0 saturated heterocycles. The smallest absolute Gasteiger partial charge is 0.0157 e. The first-order valence-corrected chi connectivity index (χ1v) is 5.67. The average Bonchev–Trinajstić information content (AvgIpc) is 2.14. The van der Waals surface area contributed by atoms with Gasteiger partial charge in [-0.05, 0) is 31.8 Å². The summed E-state index contributed by atoms with van der Waals surface area (Å²) in [6.45, 7) is 6.62. The highest BCUT2D eigenvalue weighted by molar-refractivity contribution is 5.22. The molecule has 0 N–H and O–H groups in total. The molecule has 0 unspecified atom stereocenters. The molecule has 0 aromatic rings. The summed E-state index contributed by atoms with van der Waals surface area (Å²) in [7, 11) is 4.27. The minimum absolute atomic E-state index is 1.12. The maximum atomic E-state index is 2.24. The van der Waals surface area contributed by atoms with E-state index in [1.165, 1.54) is 30.5 Å². The van der Waals surface area contributed by atoms with Gasteiger partial charge < -0.3 is 4.90 Å². The molecule has 0 atom stereocenters. The molecule has 14 heavy (non-hydrogen) atoms. The summed E-state index contributed by atoms with van der Waals surface area (Å²) in [5.41, 5.74) is 2.88. The average molecular weight is 195 g/mol. The lowest BCUT2D eigenvalue weighted by Gasteiger charge is -2.19. The molecule has 1 nitrogen and oxygen atoms in total. The Morgan fingerprint density at radius 3 is 2.29 bits per heavy atom. The second-order valence-electron chi connectivity index (χ2n) is 3.94. The maximum Gasteiger partial charge on any atom is 0.0157 e. The lowest BCUT2D eigenvalue weighted by atomic mass is 10.1. The first-order chi connectivity index (χ1) is 6.63. The molecule has 0 rings (SSSR count). The van der Waals surface area contributed by atoms with Crippen LogP contribution in [-0.2, 0) is 0 Å². The molecular formula is C13H25N. The Hall–Kier alpha value is -0.720.